The van der Waals surface area contributed by atoms with Crippen LogP contribution < -0.4 is 10.6 Å². The fourth-order valence-corrected chi connectivity index (χ4v) is 3.46. The summed E-state index contributed by atoms with van der Waals surface area (Å²) >= 11 is 0. The van der Waals surface area contributed by atoms with Crippen LogP contribution in [0.1, 0.15) is 25.3 Å². The highest BCUT2D eigenvalue weighted by Crippen LogP contribution is 2.19. The van der Waals surface area contributed by atoms with Gasteiger partial charge in [0.05, 0.1) is 0 Å². The van der Waals surface area contributed by atoms with Crippen molar-refractivity contribution in [3.8, 4) is 0 Å². The van der Waals surface area contributed by atoms with Crippen LogP contribution in [-0.4, -0.2) is 49.3 Å². The number of benzene rings is 1. The van der Waals surface area contributed by atoms with E-state index in [0.717, 1.165) is 45.7 Å². The largest absolute Gasteiger partial charge is 0.381 e. The van der Waals surface area contributed by atoms with Gasteiger partial charge in [0.2, 0.25) is 0 Å². The SMILES string of the molecule is CC1CN(Cc2ccccc2)CC1NC(=O)NC1CCOCC1. The van der Waals surface area contributed by atoms with Crippen LogP contribution in [0.25, 0.3) is 0 Å². The lowest BCUT2D eigenvalue weighted by molar-refractivity contribution is 0.0799. The Morgan fingerprint density at radius 1 is 1.17 bits per heavy atom. The maximum Gasteiger partial charge on any atom is 0.315 e. The van der Waals surface area contributed by atoms with Crippen LogP contribution in [0.15, 0.2) is 30.3 Å². The molecule has 23 heavy (non-hydrogen) atoms. The van der Waals surface area contributed by atoms with E-state index in [4.69, 9.17) is 4.74 Å². The Balaban J connectivity index is 1.45. The van der Waals surface area contributed by atoms with Crippen LogP contribution in [0.5, 0.6) is 0 Å². The van der Waals surface area contributed by atoms with Gasteiger partial charge in [-0.3, -0.25) is 4.90 Å². The van der Waals surface area contributed by atoms with Gasteiger partial charge in [-0.25, -0.2) is 4.79 Å². The Hall–Kier alpha value is -1.59. The summed E-state index contributed by atoms with van der Waals surface area (Å²) in [5.41, 5.74) is 1.33. The quantitative estimate of drug-likeness (QED) is 0.893. The molecule has 0 bridgehead atoms. The summed E-state index contributed by atoms with van der Waals surface area (Å²) in [5, 5.41) is 6.24. The topological polar surface area (TPSA) is 53.6 Å². The fourth-order valence-electron chi connectivity index (χ4n) is 3.46. The molecular formula is C18H27N3O2. The standard InChI is InChI=1S/C18H27N3O2/c1-14-11-21(12-15-5-3-2-4-6-15)13-17(14)20-18(22)19-16-7-9-23-10-8-16/h2-6,14,16-17H,7-13H2,1H3,(H2,19,20,22). The van der Waals surface area contributed by atoms with Gasteiger partial charge in [0.15, 0.2) is 0 Å². The first-order valence-corrected chi connectivity index (χ1v) is 8.62. The normalized spacial score (nSPS) is 26.1. The van der Waals surface area contributed by atoms with Crippen LogP contribution in [-0.2, 0) is 11.3 Å². The minimum Gasteiger partial charge on any atom is -0.381 e. The Morgan fingerprint density at radius 3 is 2.65 bits per heavy atom. The van der Waals surface area contributed by atoms with Crippen molar-refractivity contribution < 1.29 is 9.53 Å². The average molecular weight is 317 g/mol. The number of ether oxygens (including phenoxy) is 1. The number of carbonyl (C=O) groups is 1. The van der Waals surface area contributed by atoms with Gasteiger partial charge >= 0.3 is 6.03 Å². The minimum absolute atomic E-state index is 0.0321. The van der Waals surface area contributed by atoms with E-state index < -0.39 is 0 Å². The van der Waals surface area contributed by atoms with Crippen molar-refractivity contribution in [1.82, 2.24) is 15.5 Å². The molecule has 5 heteroatoms. The number of rotatable bonds is 4. The number of nitrogens with one attached hydrogen (secondary N) is 2. The molecule has 2 heterocycles. The van der Waals surface area contributed by atoms with Crippen molar-refractivity contribution in [2.75, 3.05) is 26.3 Å². The molecule has 2 fully saturated rings. The van der Waals surface area contributed by atoms with Crippen molar-refractivity contribution >= 4 is 6.03 Å². The zero-order valence-corrected chi connectivity index (χ0v) is 13.8. The van der Waals surface area contributed by atoms with Gasteiger partial charge in [-0.05, 0) is 24.3 Å². The highest BCUT2D eigenvalue weighted by atomic mass is 16.5. The molecule has 0 radical (unpaired) electrons. The second-order valence-electron chi connectivity index (χ2n) is 6.77. The number of carbonyl (C=O) groups excluding carboxylic acids is 1. The first kappa shape index (κ1) is 16.3. The molecule has 0 aromatic heterocycles. The van der Waals surface area contributed by atoms with Gasteiger partial charge < -0.3 is 15.4 Å². The predicted molar refractivity (Wildman–Crippen MR) is 90.2 cm³/mol. The number of hydrogen-bond acceptors (Lipinski definition) is 3. The van der Waals surface area contributed by atoms with E-state index in [-0.39, 0.29) is 18.1 Å². The summed E-state index contributed by atoms with van der Waals surface area (Å²) in [7, 11) is 0. The molecule has 0 saturated carbocycles. The number of likely N-dealkylation sites (tertiary alicyclic amines) is 1. The molecule has 2 saturated heterocycles. The Bertz CT molecular complexity index is 502. The average Bonchev–Trinajstić information content (AvgIpc) is 2.88. The number of urea groups is 1. The second kappa shape index (κ2) is 7.79. The maximum atomic E-state index is 12.2. The molecule has 5 nitrogen and oxygen atoms in total. The lowest BCUT2D eigenvalue weighted by atomic mass is 10.1. The highest BCUT2D eigenvalue weighted by molar-refractivity contribution is 5.74. The summed E-state index contributed by atoms with van der Waals surface area (Å²) < 4.78 is 5.32. The minimum atomic E-state index is -0.0321. The van der Waals surface area contributed by atoms with Gasteiger partial charge in [0.25, 0.3) is 0 Å². The van der Waals surface area contributed by atoms with Crippen molar-refractivity contribution in [2.45, 2.75) is 38.4 Å². The van der Waals surface area contributed by atoms with Crippen molar-refractivity contribution in [3.63, 3.8) is 0 Å². The third kappa shape index (κ3) is 4.69. The van der Waals surface area contributed by atoms with Gasteiger partial charge in [0.1, 0.15) is 0 Å². The third-order valence-electron chi connectivity index (χ3n) is 4.81. The van der Waals surface area contributed by atoms with Gasteiger partial charge in [-0.1, -0.05) is 37.3 Å². The van der Waals surface area contributed by atoms with Gasteiger partial charge in [-0.15, -0.1) is 0 Å². The summed E-state index contributed by atoms with van der Waals surface area (Å²) in [6.45, 7) is 6.59. The zero-order valence-electron chi connectivity index (χ0n) is 13.8. The molecular weight excluding hydrogens is 290 g/mol. The van der Waals surface area contributed by atoms with Crippen LogP contribution in [0.4, 0.5) is 4.79 Å². The van der Waals surface area contributed by atoms with E-state index >= 15 is 0 Å². The second-order valence-corrected chi connectivity index (χ2v) is 6.77. The molecule has 1 aromatic rings. The molecule has 2 aliphatic heterocycles. The highest BCUT2D eigenvalue weighted by Gasteiger charge is 2.31. The number of hydrogen-bond donors (Lipinski definition) is 2. The summed E-state index contributed by atoms with van der Waals surface area (Å²) in [4.78, 5) is 14.6. The third-order valence-corrected chi connectivity index (χ3v) is 4.81. The first-order chi connectivity index (χ1) is 11.2. The number of amides is 2. The van der Waals surface area contributed by atoms with E-state index in [1.807, 2.05) is 6.07 Å². The van der Waals surface area contributed by atoms with Gasteiger partial charge in [0, 0.05) is 44.9 Å². The number of nitrogens with zero attached hydrogens (tertiary/aromatic N) is 1. The van der Waals surface area contributed by atoms with Crippen LogP contribution in [0.2, 0.25) is 0 Å². The smallest absolute Gasteiger partial charge is 0.315 e. The first-order valence-electron chi connectivity index (χ1n) is 8.62. The Morgan fingerprint density at radius 2 is 1.91 bits per heavy atom. The zero-order chi connectivity index (χ0) is 16.1. The van der Waals surface area contributed by atoms with Crippen LogP contribution in [0.3, 0.4) is 0 Å². The molecule has 0 aliphatic carbocycles. The molecule has 1 aromatic carbocycles. The van der Waals surface area contributed by atoms with E-state index in [2.05, 4.69) is 46.7 Å². The van der Waals surface area contributed by atoms with Crippen molar-refractivity contribution in [3.05, 3.63) is 35.9 Å². The van der Waals surface area contributed by atoms with Crippen molar-refractivity contribution in [2.24, 2.45) is 5.92 Å². The Labute approximate surface area is 138 Å². The summed E-state index contributed by atoms with van der Waals surface area (Å²) in [6, 6.07) is 10.9. The Kier molecular flexibility index (Phi) is 5.51. The lowest BCUT2D eigenvalue weighted by Crippen LogP contribution is -2.49. The molecule has 126 valence electrons. The van der Waals surface area contributed by atoms with Gasteiger partial charge in [-0.2, -0.15) is 0 Å². The lowest BCUT2D eigenvalue weighted by Gasteiger charge is -2.25. The summed E-state index contributed by atoms with van der Waals surface area (Å²) in [6.07, 6.45) is 1.82. The molecule has 3 rings (SSSR count). The van der Waals surface area contributed by atoms with E-state index in [9.17, 15) is 4.79 Å². The molecule has 2 atom stereocenters. The monoisotopic (exact) mass is 317 g/mol. The summed E-state index contributed by atoms with van der Waals surface area (Å²) in [5.74, 6) is 0.471. The predicted octanol–water partition coefficient (Wildman–Crippen LogP) is 1.99. The molecule has 2 aliphatic rings. The molecule has 2 unspecified atom stereocenters. The van der Waals surface area contributed by atoms with Crippen molar-refractivity contribution in [1.29, 1.82) is 0 Å². The van der Waals surface area contributed by atoms with E-state index in [0.29, 0.717) is 5.92 Å². The molecule has 2 amide bonds. The van der Waals surface area contributed by atoms with Crippen LogP contribution >= 0.6 is 0 Å². The van der Waals surface area contributed by atoms with E-state index in [1.54, 1.807) is 0 Å². The van der Waals surface area contributed by atoms with Crippen LogP contribution in [0, 0.1) is 5.92 Å². The van der Waals surface area contributed by atoms with E-state index in [1.165, 1.54) is 5.56 Å². The molecule has 2 N–H and O–H groups in total. The molecule has 0 spiro atoms. The fraction of sp³-hybridized carbons (Fsp3) is 0.611. The maximum absolute atomic E-state index is 12.2.